The number of hydrogen-bond donors (Lipinski definition) is 0. The van der Waals surface area contributed by atoms with E-state index in [1.807, 2.05) is 32.1 Å². The minimum absolute atomic E-state index is 0. The van der Waals surface area contributed by atoms with Crippen molar-refractivity contribution in [1.82, 2.24) is 0 Å². The second-order valence-corrected chi connectivity index (χ2v) is 16.3. The van der Waals surface area contributed by atoms with Crippen LogP contribution < -0.4 is 10.6 Å². The first kappa shape index (κ1) is 31.7. The number of benzene rings is 2. The molecule has 6 rings (SSSR count). The molecule has 2 aromatic rings. The fraction of sp³-hybridized carbons (Fsp3) is 0.389. The first-order valence-corrected chi connectivity index (χ1v) is 17.8. The Morgan fingerprint density at radius 1 is 0.564 bits per heavy atom. The Morgan fingerprint density at radius 3 is 1.44 bits per heavy atom. The molecule has 0 spiro atoms. The molecule has 4 aliphatic rings. The maximum absolute atomic E-state index is 2.56. The summed E-state index contributed by atoms with van der Waals surface area (Å²) in [7, 11) is -0.489. The fourth-order valence-electron chi connectivity index (χ4n) is 6.66. The van der Waals surface area contributed by atoms with E-state index in [0.717, 1.165) is 11.3 Å². The molecular formula is C36H44FeP2+2. The van der Waals surface area contributed by atoms with Crippen LogP contribution in [0, 0.1) is 62.9 Å². The van der Waals surface area contributed by atoms with Crippen LogP contribution in [-0.4, -0.2) is 17.0 Å². The van der Waals surface area contributed by atoms with Crippen LogP contribution in [0.1, 0.15) is 71.1 Å². The largest absolute Gasteiger partial charge is 2.00 e. The summed E-state index contributed by atoms with van der Waals surface area (Å²) in [6.07, 6.45) is 32.1. The second kappa shape index (κ2) is 17.1. The smallest absolute Gasteiger partial charge is 0.0921 e. The summed E-state index contributed by atoms with van der Waals surface area (Å²) in [4.78, 5) is 0. The van der Waals surface area contributed by atoms with E-state index in [1.54, 1.807) is 11.6 Å². The van der Waals surface area contributed by atoms with Crippen LogP contribution in [0.4, 0.5) is 0 Å². The average Bonchev–Trinajstić information content (AvgIpc) is 3.72. The van der Waals surface area contributed by atoms with Crippen molar-refractivity contribution in [3.63, 3.8) is 0 Å². The van der Waals surface area contributed by atoms with Crippen molar-refractivity contribution >= 4 is 26.5 Å². The first-order chi connectivity index (χ1) is 18.8. The molecule has 2 aromatic carbocycles. The molecule has 0 saturated heterocycles. The molecule has 0 nitrogen and oxygen atoms in total. The molecule has 0 aromatic heterocycles. The van der Waals surface area contributed by atoms with Crippen LogP contribution in [0.3, 0.4) is 0 Å². The number of rotatable bonds is 7. The van der Waals surface area contributed by atoms with Gasteiger partial charge in [0.2, 0.25) is 0 Å². The van der Waals surface area contributed by atoms with E-state index in [0.29, 0.717) is 5.66 Å². The van der Waals surface area contributed by atoms with Crippen LogP contribution >= 0.6 is 15.8 Å². The molecule has 4 fully saturated rings. The summed E-state index contributed by atoms with van der Waals surface area (Å²) < 4.78 is 0. The summed E-state index contributed by atoms with van der Waals surface area (Å²) in [6, 6.07) is 22.7. The topological polar surface area (TPSA) is 0 Å². The van der Waals surface area contributed by atoms with E-state index in [4.69, 9.17) is 0 Å². The van der Waals surface area contributed by atoms with Crippen LogP contribution in [0.2, 0.25) is 0 Å². The second-order valence-electron chi connectivity index (χ2n) is 11.0. The quantitative estimate of drug-likeness (QED) is 0.221. The van der Waals surface area contributed by atoms with Crippen molar-refractivity contribution in [3.8, 4) is 0 Å². The molecule has 0 N–H and O–H groups in total. The zero-order valence-electron chi connectivity index (χ0n) is 23.4. The Labute approximate surface area is 254 Å². The van der Waals surface area contributed by atoms with Gasteiger partial charge in [-0.05, 0) is 118 Å². The Balaban J connectivity index is 0.000000530. The summed E-state index contributed by atoms with van der Waals surface area (Å²) in [5, 5.41) is 3.02. The van der Waals surface area contributed by atoms with Gasteiger partial charge >= 0.3 is 17.1 Å². The first-order valence-electron chi connectivity index (χ1n) is 14.9. The SMILES string of the molecule is C[C@@H]([C]1[CH][CH][CH][C]1P(C1CCCCC1)C1CCCCC1)P(c1ccccc1)c1ccccc1.[CH]1[CH][CH][CH][CH]1.[Fe+2]. The maximum Gasteiger partial charge on any atom is 2.00 e. The Kier molecular flexibility index (Phi) is 13.9. The standard InChI is InChI=1S/C31H39P2.C5H5.Fe/c1-25(32(26-15-6-2-7-16-26)27-17-8-3-9-18-27)30-23-14-24-31(30)33(28-19-10-4-11-20-28)29-21-12-5-13-22-29;1-2-4-5-3-1;/h2-3,6-9,14-18,23-25,28-29H,4-5,10-13,19-22H2,1H3;1-5H;/q;;+2/t25-;;/m0../s1. The van der Waals surface area contributed by atoms with Gasteiger partial charge in [-0.15, -0.1) is 0 Å². The van der Waals surface area contributed by atoms with E-state index >= 15 is 0 Å². The van der Waals surface area contributed by atoms with E-state index in [-0.39, 0.29) is 25.0 Å². The van der Waals surface area contributed by atoms with Gasteiger partial charge in [-0.3, -0.25) is 0 Å². The Hall–Kier alpha value is -0.181. The maximum atomic E-state index is 2.56. The van der Waals surface area contributed by atoms with Crippen LogP contribution in [0.25, 0.3) is 0 Å². The predicted octanol–water partition coefficient (Wildman–Crippen LogP) is 9.41. The van der Waals surface area contributed by atoms with Gasteiger partial charge in [-0.1, -0.05) is 114 Å². The molecular weight excluding hydrogens is 550 g/mol. The summed E-state index contributed by atoms with van der Waals surface area (Å²) in [5.74, 6) is 1.68. The molecule has 39 heavy (non-hydrogen) atoms. The monoisotopic (exact) mass is 594 g/mol. The van der Waals surface area contributed by atoms with E-state index in [1.165, 1.54) is 74.8 Å². The van der Waals surface area contributed by atoms with Gasteiger partial charge in [0.1, 0.15) is 0 Å². The van der Waals surface area contributed by atoms with Crippen molar-refractivity contribution in [2.24, 2.45) is 0 Å². The van der Waals surface area contributed by atoms with E-state index in [9.17, 15) is 0 Å². The summed E-state index contributed by atoms with van der Waals surface area (Å²) in [6.45, 7) is 2.53. The molecule has 3 heteroatoms. The fourth-order valence-corrected chi connectivity index (χ4v) is 13.5. The predicted molar refractivity (Wildman–Crippen MR) is 170 cm³/mol. The summed E-state index contributed by atoms with van der Waals surface area (Å²) >= 11 is 0. The minimum Gasteiger partial charge on any atom is -0.0921 e. The third-order valence-corrected chi connectivity index (χ3v) is 14.8. The van der Waals surface area contributed by atoms with Crippen molar-refractivity contribution in [1.29, 1.82) is 0 Å². The number of hydrogen-bond acceptors (Lipinski definition) is 0. The van der Waals surface area contributed by atoms with Crippen LogP contribution in [0.5, 0.6) is 0 Å². The molecule has 10 radical (unpaired) electrons. The van der Waals surface area contributed by atoms with Crippen LogP contribution in [0.15, 0.2) is 60.7 Å². The van der Waals surface area contributed by atoms with Crippen molar-refractivity contribution in [2.45, 2.75) is 88.1 Å². The molecule has 0 unspecified atom stereocenters. The van der Waals surface area contributed by atoms with Gasteiger partial charge in [0.05, 0.1) is 0 Å². The van der Waals surface area contributed by atoms with Gasteiger partial charge in [-0.25, -0.2) is 0 Å². The van der Waals surface area contributed by atoms with Gasteiger partial charge in [-0.2, -0.15) is 0 Å². The summed E-state index contributed by atoms with van der Waals surface area (Å²) in [5.41, 5.74) is 4.26. The minimum atomic E-state index is -0.428. The van der Waals surface area contributed by atoms with Crippen molar-refractivity contribution in [3.05, 3.63) is 124 Å². The Morgan fingerprint density at radius 2 is 1.00 bits per heavy atom. The zero-order valence-corrected chi connectivity index (χ0v) is 26.3. The van der Waals surface area contributed by atoms with Gasteiger partial charge < -0.3 is 0 Å². The molecule has 204 valence electrons. The molecule has 1 atom stereocenters. The van der Waals surface area contributed by atoms with E-state index in [2.05, 4.69) is 86.8 Å². The third kappa shape index (κ3) is 8.67. The average molecular weight is 595 g/mol. The molecule has 4 aliphatic carbocycles. The van der Waals surface area contributed by atoms with Gasteiger partial charge in [0.25, 0.3) is 0 Å². The molecule has 4 saturated carbocycles. The normalized spacial score (nSPS) is 22.4. The van der Waals surface area contributed by atoms with Gasteiger partial charge in [0.15, 0.2) is 0 Å². The molecule has 0 bridgehead atoms. The molecule has 0 amide bonds. The van der Waals surface area contributed by atoms with Crippen LogP contribution in [-0.2, 0) is 17.1 Å². The molecule has 0 heterocycles. The molecule has 0 aliphatic heterocycles. The third-order valence-electron chi connectivity index (χ3n) is 8.50. The zero-order chi connectivity index (χ0) is 26.0. The van der Waals surface area contributed by atoms with Crippen molar-refractivity contribution < 1.29 is 17.1 Å². The van der Waals surface area contributed by atoms with Crippen molar-refractivity contribution in [2.75, 3.05) is 0 Å². The van der Waals surface area contributed by atoms with Gasteiger partial charge in [0, 0.05) is 5.66 Å². The Bertz CT molecular complexity index is 837. The van der Waals surface area contributed by atoms with E-state index < -0.39 is 7.92 Å².